The summed E-state index contributed by atoms with van der Waals surface area (Å²) in [7, 11) is 1.78. The number of nitrogens with zero attached hydrogens (tertiary/aromatic N) is 3. The molecule has 0 saturated heterocycles. The third-order valence-corrected chi connectivity index (χ3v) is 4.38. The average molecular weight is 302 g/mol. The SMILES string of the molecule is CC(Nc1c(C(=O)O)cnc2c1cnn2C)c1cccs1. The van der Waals surface area contributed by atoms with Crippen LogP contribution in [0, 0.1) is 0 Å². The number of fused-ring (bicyclic) bond motifs is 1. The van der Waals surface area contributed by atoms with E-state index in [1.807, 2.05) is 24.4 Å². The van der Waals surface area contributed by atoms with Crippen LogP contribution >= 0.6 is 11.3 Å². The molecule has 3 rings (SSSR count). The standard InChI is InChI=1S/C14H14N4O2S/c1-8(11-4-3-5-21-11)17-12-9-7-16-18(2)13(9)15-6-10(12)14(19)20/h3-8H,1-2H3,(H,15,17)(H,19,20). The van der Waals surface area contributed by atoms with Crippen LogP contribution in [0.3, 0.4) is 0 Å². The molecule has 3 heterocycles. The molecule has 0 spiro atoms. The van der Waals surface area contributed by atoms with Gasteiger partial charge in [-0.2, -0.15) is 5.10 Å². The van der Waals surface area contributed by atoms with E-state index in [2.05, 4.69) is 15.4 Å². The maximum absolute atomic E-state index is 11.4. The highest BCUT2D eigenvalue weighted by Crippen LogP contribution is 2.30. The number of pyridine rings is 1. The lowest BCUT2D eigenvalue weighted by Gasteiger charge is -2.16. The van der Waals surface area contributed by atoms with E-state index >= 15 is 0 Å². The first-order chi connectivity index (χ1) is 10.1. The highest BCUT2D eigenvalue weighted by atomic mass is 32.1. The normalized spacial score (nSPS) is 12.5. The summed E-state index contributed by atoms with van der Waals surface area (Å²) in [5.74, 6) is -1.01. The Labute approximate surface area is 125 Å². The van der Waals surface area contributed by atoms with Crippen LogP contribution in [0.25, 0.3) is 11.0 Å². The number of hydrogen-bond donors (Lipinski definition) is 2. The van der Waals surface area contributed by atoms with Gasteiger partial charge in [-0.25, -0.2) is 9.78 Å². The number of aromatic carboxylic acids is 1. The van der Waals surface area contributed by atoms with Crippen molar-refractivity contribution in [1.82, 2.24) is 14.8 Å². The van der Waals surface area contributed by atoms with E-state index in [0.29, 0.717) is 16.7 Å². The Hall–Kier alpha value is -2.41. The van der Waals surface area contributed by atoms with Crippen molar-refractivity contribution in [3.05, 3.63) is 40.3 Å². The van der Waals surface area contributed by atoms with Crippen molar-refractivity contribution in [1.29, 1.82) is 0 Å². The first-order valence-corrected chi connectivity index (χ1v) is 7.30. The number of thiophene rings is 1. The lowest BCUT2D eigenvalue weighted by molar-refractivity contribution is 0.0697. The van der Waals surface area contributed by atoms with Gasteiger partial charge in [0.25, 0.3) is 0 Å². The van der Waals surface area contributed by atoms with E-state index in [-0.39, 0.29) is 11.6 Å². The smallest absolute Gasteiger partial charge is 0.339 e. The molecule has 0 fully saturated rings. The van der Waals surface area contributed by atoms with E-state index in [1.54, 1.807) is 29.3 Å². The Kier molecular flexibility index (Phi) is 3.34. The van der Waals surface area contributed by atoms with Gasteiger partial charge in [-0.1, -0.05) is 6.07 Å². The summed E-state index contributed by atoms with van der Waals surface area (Å²) in [6, 6.07) is 4.00. The average Bonchev–Trinajstić information content (AvgIpc) is 3.09. The number of anilines is 1. The summed E-state index contributed by atoms with van der Waals surface area (Å²) in [4.78, 5) is 16.7. The van der Waals surface area contributed by atoms with Crippen LogP contribution in [0.4, 0.5) is 5.69 Å². The van der Waals surface area contributed by atoms with Crippen LogP contribution in [0.2, 0.25) is 0 Å². The molecule has 0 aliphatic rings. The van der Waals surface area contributed by atoms with E-state index in [4.69, 9.17) is 0 Å². The van der Waals surface area contributed by atoms with E-state index in [0.717, 1.165) is 4.88 Å². The topological polar surface area (TPSA) is 80.0 Å². The monoisotopic (exact) mass is 302 g/mol. The second kappa shape index (κ2) is 5.17. The van der Waals surface area contributed by atoms with Crippen LogP contribution in [0.15, 0.2) is 29.9 Å². The number of rotatable bonds is 4. The van der Waals surface area contributed by atoms with Crippen LogP contribution in [-0.4, -0.2) is 25.8 Å². The molecule has 3 aromatic rings. The predicted molar refractivity (Wildman–Crippen MR) is 81.8 cm³/mol. The minimum Gasteiger partial charge on any atom is -0.478 e. The summed E-state index contributed by atoms with van der Waals surface area (Å²) < 4.78 is 1.63. The van der Waals surface area contributed by atoms with Gasteiger partial charge in [0.2, 0.25) is 0 Å². The molecule has 108 valence electrons. The molecule has 0 aliphatic heterocycles. The van der Waals surface area contributed by atoms with Gasteiger partial charge >= 0.3 is 5.97 Å². The quantitative estimate of drug-likeness (QED) is 0.774. The molecule has 7 heteroatoms. The Balaban J connectivity index is 2.10. The Morgan fingerprint density at radius 2 is 2.29 bits per heavy atom. The van der Waals surface area contributed by atoms with Crippen molar-refractivity contribution in [2.45, 2.75) is 13.0 Å². The zero-order valence-corrected chi connectivity index (χ0v) is 12.4. The van der Waals surface area contributed by atoms with E-state index in [1.165, 1.54) is 6.20 Å². The first-order valence-electron chi connectivity index (χ1n) is 6.42. The molecular weight excluding hydrogens is 288 g/mol. The second-order valence-corrected chi connectivity index (χ2v) is 5.72. The van der Waals surface area contributed by atoms with Gasteiger partial charge in [-0.3, -0.25) is 4.68 Å². The number of carboxylic acids is 1. The van der Waals surface area contributed by atoms with Gasteiger partial charge in [0.15, 0.2) is 5.65 Å². The summed E-state index contributed by atoms with van der Waals surface area (Å²) >= 11 is 1.63. The summed E-state index contributed by atoms with van der Waals surface area (Å²) in [6.07, 6.45) is 3.01. The van der Waals surface area contributed by atoms with Crippen LogP contribution in [-0.2, 0) is 7.05 Å². The molecule has 0 amide bonds. The minimum atomic E-state index is -1.01. The van der Waals surface area contributed by atoms with E-state index in [9.17, 15) is 9.90 Å². The number of carboxylic acid groups (broad SMARTS) is 1. The highest BCUT2D eigenvalue weighted by molar-refractivity contribution is 7.10. The highest BCUT2D eigenvalue weighted by Gasteiger charge is 2.19. The van der Waals surface area contributed by atoms with Crippen molar-refractivity contribution >= 4 is 34.0 Å². The number of carbonyl (C=O) groups is 1. The minimum absolute atomic E-state index is 0.00825. The number of nitrogens with one attached hydrogen (secondary N) is 1. The Morgan fingerprint density at radius 3 is 2.95 bits per heavy atom. The molecule has 21 heavy (non-hydrogen) atoms. The number of hydrogen-bond acceptors (Lipinski definition) is 5. The van der Waals surface area contributed by atoms with Crippen LogP contribution in [0.5, 0.6) is 0 Å². The summed E-state index contributed by atoms with van der Waals surface area (Å²) in [5.41, 5.74) is 1.36. The fourth-order valence-corrected chi connectivity index (χ4v) is 2.97. The maximum Gasteiger partial charge on any atom is 0.339 e. The molecule has 1 atom stereocenters. The molecule has 3 aromatic heterocycles. The zero-order valence-electron chi connectivity index (χ0n) is 11.6. The van der Waals surface area contributed by atoms with Crippen LogP contribution < -0.4 is 5.32 Å². The lowest BCUT2D eigenvalue weighted by Crippen LogP contribution is -2.11. The Bertz CT molecular complexity index is 795. The fourth-order valence-electron chi connectivity index (χ4n) is 2.24. The number of aromatic nitrogens is 3. The van der Waals surface area contributed by atoms with Gasteiger partial charge < -0.3 is 10.4 Å². The first kappa shape index (κ1) is 13.6. The predicted octanol–water partition coefficient (Wildman–Crippen LogP) is 2.90. The zero-order chi connectivity index (χ0) is 15.0. The molecule has 1 unspecified atom stereocenters. The molecule has 0 radical (unpaired) electrons. The molecule has 0 aliphatic carbocycles. The van der Waals surface area contributed by atoms with Crippen LogP contribution in [0.1, 0.15) is 28.2 Å². The van der Waals surface area contributed by atoms with Crippen molar-refractivity contribution in [3.63, 3.8) is 0 Å². The van der Waals surface area contributed by atoms with Crippen molar-refractivity contribution in [2.75, 3.05) is 5.32 Å². The molecule has 2 N–H and O–H groups in total. The molecule has 0 aromatic carbocycles. The fraction of sp³-hybridized carbons (Fsp3) is 0.214. The molecule has 6 nitrogen and oxygen atoms in total. The molecular formula is C14H14N4O2S. The summed E-state index contributed by atoms with van der Waals surface area (Å²) in [5, 5.41) is 19.5. The number of aryl methyl sites for hydroxylation is 1. The van der Waals surface area contributed by atoms with Gasteiger partial charge in [-0.05, 0) is 18.4 Å². The third kappa shape index (κ3) is 2.36. The van der Waals surface area contributed by atoms with E-state index < -0.39 is 5.97 Å². The van der Waals surface area contributed by atoms with Gasteiger partial charge in [0.1, 0.15) is 5.56 Å². The van der Waals surface area contributed by atoms with Crippen molar-refractivity contribution < 1.29 is 9.90 Å². The van der Waals surface area contributed by atoms with Gasteiger partial charge in [-0.15, -0.1) is 11.3 Å². The van der Waals surface area contributed by atoms with Crippen molar-refractivity contribution in [3.8, 4) is 0 Å². The molecule has 0 saturated carbocycles. The summed E-state index contributed by atoms with van der Waals surface area (Å²) in [6.45, 7) is 2.00. The van der Waals surface area contributed by atoms with Gasteiger partial charge in [0.05, 0.1) is 23.3 Å². The maximum atomic E-state index is 11.4. The lowest BCUT2D eigenvalue weighted by atomic mass is 10.1. The molecule has 0 bridgehead atoms. The largest absolute Gasteiger partial charge is 0.478 e. The van der Waals surface area contributed by atoms with Crippen molar-refractivity contribution in [2.24, 2.45) is 7.05 Å². The van der Waals surface area contributed by atoms with Gasteiger partial charge in [0, 0.05) is 18.1 Å². The Morgan fingerprint density at radius 1 is 1.48 bits per heavy atom. The third-order valence-electron chi connectivity index (χ3n) is 3.32. The second-order valence-electron chi connectivity index (χ2n) is 4.74.